The van der Waals surface area contributed by atoms with Crippen LogP contribution in [0.1, 0.15) is 5.56 Å². The van der Waals surface area contributed by atoms with Gasteiger partial charge in [-0.2, -0.15) is 0 Å². The molecule has 0 fully saturated rings. The molecule has 0 atom stereocenters. The summed E-state index contributed by atoms with van der Waals surface area (Å²) in [7, 11) is 6.32. The van der Waals surface area contributed by atoms with E-state index in [1.54, 1.807) is 0 Å². The quantitative estimate of drug-likeness (QED) is 0.620. The number of hydrogen-bond donors (Lipinski definition) is 1. The number of aromatic nitrogens is 3. The van der Waals surface area contributed by atoms with Crippen LogP contribution < -0.4 is 5.32 Å². The summed E-state index contributed by atoms with van der Waals surface area (Å²) < 4.78 is 2.28. The van der Waals surface area contributed by atoms with E-state index >= 15 is 0 Å². The van der Waals surface area contributed by atoms with Crippen molar-refractivity contribution in [3.05, 3.63) is 42.5 Å². The number of nitrogens with one attached hydrogen (secondary N) is 1. The maximum absolute atomic E-state index is 4.38. The maximum atomic E-state index is 4.38. The molecule has 5 nitrogen and oxygen atoms in total. The Kier molecular flexibility index (Phi) is 3.81. The van der Waals surface area contributed by atoms with E-state index in [9.17, 15) is 0 Å². The van der Waals surface area contributed by atoms with E-state index in [-0.39, 0.29) is 0 Å². The third kappa shape index (κ3) is 2.43. The lowest BCUT2D eigenvalue weighted by molar-refractivity contribution is 0.425. The predicted octanol–water partition coefficient (Wildman–Crippen LogP) is 3.56. The zero-order chi connectivity index (χ0) is 17.6. The van der Waals surface area contributed by atoms with Crippen molar-refractivity contribution in [1.29, 1.82) is 0 Å². The summed E-state index contributed by atoms with van der Waals surface area (Å²) in [6.45, 7) is 4.05. The first-order chi connectivity index (χ1) is 12.1. The zero-order valence-corrected chi connectivity index (χ0v) is 15.2. The molecule has 0 radical (unpaired) electrons. The van der Waals surface area contributed by atoms with Gasteiger partial charge < -0.3 is 14.8 Å². The van der Waals surface area contributed by atoms with Gasteiger partial charge in [-0.05, 0) is 44.1 Å². The molecule has 0 saturated carbocycles. The van der Waals surface area contributed by atoms with Crippen LogP contribution in [0.3, 0.4) is 0 Å². The Morgan fingerprint density at radius 3 is 2.52 bits per heavy atom. The molecule has 4 rings (SSSR count). The van der Waals surface area contributed by atoms with Gasteiger partial charge in [-0.15, -0.1) is 0 Å². The Morgan fingerprint density at radius 2 is 1.76 bits per heavy atom. The molecule has 0 amide bonds. The van der Waals surface area contributed by atoms with Crippen molar-refractivity contribution in [2.45, 2.75) is 6.92 Å². The summed E-state index contributed by atoms with van der Waals surface area (Å²) >= 11 is 0. The van der Waals surface area contributed by atoms with Gasteiger partial charge in [0.1, 0.15) is 0 Å². The smallest absolute Gasteiger partial charge is 0.0546 e. The predicted molar refractivity (Wildman–Crippen MR) is 105 cm³/mol. The molecule has 0 spiro atoms. The molecule has 4 aromatic rings. The fraction of sp³-hybridized carbons (Fsp3) is 0.300. The molecule has 128 valence electrons. The van der Waals surface area contributed by atoms with Gasteiger partial charge in [0.25, 0.3) is 0 Å². The molecule has 3 aromatic heterocycles. The number of pyridine rings is 2. The second-order valence-electron chi connectivity index (χ2n) is 6.83. The van der Waals surface area contributed by atoms with Crippen LogP contribution in [-0.4, -0.2) is 46.6 Å². The van der Waals surface area contributed by atoms with Gasteiger partial charge in [-0.3, -0.25) is 9.97 Å². The first-order valence-electron chi connectivity index (χ1n) is 8.56. The van der Waals surface area contributed by atoms with E-state index in [2.05, 4.69) is 65.0 Å². The van der Waals surface area contributed by atoms with E-state index in [1.807, 2.05) is 24.8 Å². The van der Waals surface area contributed by atoms with Crippen LogP contribution >= 0.6 is 0 Å². The number of anilines is 1. The lowest BCUT2D eigenvalue weighted by Gasteiger charge is -2.16. The van der Waals surface area contributed by atoms with Crippen molar-refractivity contribution < 1.29 is 0 Å². The Hall–Kier alpha value is -2.66. The molecule has 25 heavy (non-hydrogen) atoms. The summed E-state index contributed by atoms with van der Waals surface area (Å²) in [6.07, 6.45) is 7.66. The van der Waals surface area contributed by atoms with Crippen LogP contribution in [-0.2, 0) is 7.05 Å². The van der Waals surface area contributed by atoms with Gasteiger partial charge in [0.05, 0.1) is 16.7 Å². The average molecular weight is 333 g/mol. The Labute approximate surface area is 147 Å². The van der Waals surface area contributed by atoms with E-state index < -0.39 is 0 Å². The lowest BCUT2D eigenvalue weighted by Crippen LogP contribution is -2.21. The van der Waals surface area contributed by atoms with Crippen LogP contribution in [0.2, 0.25) is 0 Å². The fourth-order valence-electron chi connectivity index (χ4n) is 3.75. The highest BCUT2D eigenvalue weighted by atomic mass is 15.1. The average Bonchev–Trinajstić information content (AvgIpc) is 2.91. The highest BCUT2D eigenvalue weighted by molar-refractivity contribution is 6.22. The molecule has 1 aromatic carbocycles. The molecule has 3 heterocycles. The summed E-state index contributed by atoms with van der Waals surface area (Å²) in [5.41, 5.74) is 4.90. The third-order valence-corrected chi connectivity index (χ3v) is 4.96. The first-order valence-corrected chi connectivity index (χ1v) is 8.56. The van der Waals surface area contributed by atoms with Crippen molar-refractivity contribution in [3.8, 4) is 0 Å². The second kappa shape index (κ2) is 6.01. The minimum absolute atomic E-state index is 0.881. The Bertz CT molecular complexity index is 1080. The van der Waals surface area contributed by atoms with Crippen LogP contribution in [0, 0.1) is 6.92 Å². The van der Waals surface area contributed by atoms with Gasteiger partial charge >= 0.3 is 0 Å². The van der Waals surface area contributed by atoms with E-state index in [0.29, 0.717) is 0 Å². The molecular formula is C20H23N5. The molecule has 0 aliphatic heterocycles. The SMILES string of the molecule is Cc1c2ccncc2c(NCCN(C)C)c2c3cnccc3n(C)c12. The number of nitrogens with zero attached hydrogens (tertiary/aromatic N) is 4. The summed E-state index contributed by atoms with van der Waals surface area (Å²) in [5, 5.41) is 8.51. The number of aryl methyl sites for hydroxylation is 2. The number of hydrogen-bond acceptors (Lipinski definition) is 4. The van der Waals surface area contributed by atoms with Crippen LogP contribution in [0.4, 0.5) is 5.69 Å². The fourth-order valence-corrected chi connectivity index (χ4v) is 3.75. The minimum Gasteiger partial charge on any atom is -0.383 e. The monoisotopic (exact) mass is 333 g/mol. The van der Waals surface area contributed by atoms with Crippen molar-refractivity contribution in [2.24, 2.45) is 7.05 Å². The second-order valence-corrected chi connectivity index (χ2v) is 6.83. The van der Waals surface area contributed by atoms with Crippen molar-refractivity contribution in [2.75, 3.05) is 32.5 Å². The Morgan fingerprint density at radius 1 is 1.04 bits per heavy atom. The highest BCUT2D eigenvalue weighted by Crippen LogP contribution is 2.40. The van der Waals surface area contributed by atoms with Crippen molar-refractivity contribution in [1.82, 2.24) is 19.4 Å². The molecule has 5 heteroatoms. The standard InChI is InChI=1S/C20H23N5/c1-13-14-5-7-21-11-15(14)19(23-9-10-24(2)3)18-16-12-22-8-6-17(16)25(4)20(13)18/h5-8,11-12,23H,9-10H2,1-4H3. The van der Waals surface area contributed by atoms with E-state index in [1.165, 1.54) is 38.1 Å². The minimum atomic E-state index is 0.881. The number of rotatable bonds is 4. The van der Waals surface area contributed by atoms with E-state index in [0.717, 1.165) is 18.8 Å². The summed E-state index contributed by atoms with van der Waals surface area (Å²) in [5.74, 6) is 0. The first kappa shape index (κ1) is 15.8. The van der Waals surface area contributed by atoms with Gasteiger partial charge in [0.2, 0.25) is 0 Å². The summed E-state index contributed by atoms with van der Waals surface area (Å²) in [4.78, 5) is 10.9. The largest absolute Gasteiger partial charge is 0.383 e. The summed E-state index contributed by atoms with van der Waals surface area (Å²) in [6, 6.07) is 4.19. The number of fused-ring (bicyclic) bond motifs is 4. The van der Waals surface area contributed by atoms with Crippen molar-refractivity contribution in [3.63, 3.8) is 0 Å². The normalized spacial score (nSPS) is 11.9. The van der Waals surface area contributed by atoms with Crippen molar-refractivity contribution >= 4 is 38.3 Å². The molecule has 0 aliphatic rings. The maximum Gasteiger partial charge on any atom is 0.0546 e. The van der Waals surface area contributed by atoms with Gasteiger partial charge in [-0.1, -0.05) is 0 Å². The van der Waals surface area contributed by atoms with Gasteiger partial charge in [0.15, 0.2) is 0 Å². The van der Waals surface area contributed by atoms with Crippen LogP contribution in [0.25, 0.3) is 32.6 Å². The third-order valence-electron chi connectivity index (χ3n) is 4.96. The molecule has 0 saturated heterocycles. The molecule has 0 unspecified atom stereocenters. The molecular weight excluding hydrogens is 310 g/mol. The lowest BCUT2D eigenvalue weighted by atomic mass is 10.00. The highest BCUT2D eigenvalue weighted by Gasteiger charge is 2.18. The molecule has 1 N–H and O–H groups in total. The Balaban J connectivity index is 2.10. The van der Waals surface area contributed by atoms with Crippen LogP contribution in [0.5, 0.6) is 0 Å². The number of benzene rings is 1. The van der Waals surface area contributed by atoms with Gasteiger partial charge in [-0.25, -0.2) is 0 Å². The van der Waals surface area contributed by atoms with E-state index in [4.69, 9.17) is 0 Å². The molecule has 0 aliphatic carbocycles. The van der Waals surface area contributed by atoms with Crippen LogP contribution in [0.15, 0.2) is 36.9 Å². The topological polar surface area (TPSA) is 46.0 Å². The molecule has 0 bridgehead atoms. The zero-order valence-electron chi connectivity index (χ0n) is 15.2. The number of likely N-dealkylation sites (N-methyl/N-ethyl adjacent to an activating group) is 1. The van der Waals surface area contributed by atoms with Gasteiger partial charge in [0, 0.05) is 61.1 Å².